The molecule has 0 bridgehead atoms. The van der Waals surface area contributed by atoms with Gasteiger partial charge in [-0.15, -0.1) is 11.8 Å². The molecule has 0 radical (unpaired) electrons. The molecule has 10 unspecified atom stereocenters. The Labute approximate surface area is 558 Å². The van der Waals surface area contributed by atoms with Gasteiger partial charge in [-0.3, -0.25) is 47.9 Å². The number of thioether (sulfide) groups is 1. The molecule has 1 saturated heterocycles. The molecule has 10 amide bonds. The van der Waals surface area contributed by atoms with Crippen LogP contribution >= 0.6 is 11.8 Å². The zero-order valence-electron chi connectivity index (χ0n) is 56.6. The number of nitrogens with two attached hydrogens (primary N) is 2. The molecule has 2 aliphatic rings. The van der Waals surface area contributed by atoms with Crippen LogP contribution in [0, 0.1) is 11.8 Å². The lowest BCUT2D eigenvalue weighted by Gasteiger charge is -2.38. The van der Waals surface area contributed by atoms with Crippen molar-refractivity contribution >= 4 is 70.8 Å². The van der Waals surface area contributed by atoms with Gasteiger partial charge in [-0.25, -0.2) is 0 Å². The van der Waals surface area contributed by atoms with Gasteiger partial charge in [0.1, 0.15) is 54.1 Å². The number of amides is 10. The number of nitrogens with one attached hydrogen (secondary N) is 8. The quantitative estimate of drug-likeness (QED) is 0.0167. The Balaban J connectivity index is 1.96. The smallest absolute Gasteiger partial charge is 0.268 e. The van der Waals surface area contributed by atoms with E-state index in [1.165, 1.54) is 32.3 Å². The first-order chi connectivity index (χ1) is 44.2. The molecule has 536 valence electrons. The summed E-state index contributed by atoms with van der Waals surface area (Å²) in [5.41, 5.74) is 8.22. The number of aliphatic hydroxyl groups is 7. The van der Waals surface area contributed by atoms with Crippen LogP contribution < -0.4 is 54.0 Å². The van der Waals surface area contributed by atoms with Gasteiger partial charge in [0.25, 0.3) is 5.91 Å². The lowest BCUT2D eigenvalue weighted by molar-refractivity contribution is -0.873. The third kappa shape index (κ3) is 33.6. The molecule has 0 saturated carbocycles. The predicted octanol–water partition coefficient (Wildman–Crippen LogP) is 0.0669. The van der Waals surface area contributed by atoms with E-state index in [0.717, 1.165) is 82.2 Å². The van der Waals surface area contributed by atoms with Crippen LogP contribution in [0.15, 0.2) is 35.5 Å². The van der Waals surface area contributed by atoms with Gasteiger partial charge in [0.05, 0.1) is 70.1 Å². The maximum Gasteiger partial charge on any atom is 0.268 e. The Morgan fingerprint density at radius 2 is 1.22 bits per heavy atom. The van der Waals surface area contributed by atoms with Crippen LogP contribution in [0.3, 0.4) is 0 Å². The molecule has 2 rings (SSSR count). The van der Waals surface area contributed by atoms with E-state index in [2.05, 4.69) is 54.7 Å². The SMILES string of the molecule is C/C=C1\NC(=O)C(NC(=O)[C@H](C)NC(=O)C(C)C(O)CCCCCCC/C=C\CCCCCCC(O)CC(O)CC(O)CC(O)CC(O)CCC(O)C[N+](C)(C)C)CC2(CS/C=C\NC(=O)[C@H](CC(N)=O)NC(=O)[C@H](CCC(N)=O)NC2=O)NC(=O)[C@H]([C@@H](C)CC)NC1=O. The molecule has 1 fully saturated rings. The molecule has 2 heterocycles. The topological polar surface area (TPSA) is 461 Å². The number of unbranched alkanes of at least 4 members (excludes halogenated alkanes) is 9. The Morgan fingerprint density at radius 1 is 0.670 bits per heavy atom. The summed E-state index contributed by atoms with van der Waals surface area (Å²) in [6, 6.07) is -7.66. The molecule has 29 heteroatoms. The molecule has 0 aromatic heterocycles. The molecule has 94 heavy (non-hydrogen) atoms. The highest BCUT2D eigenvalue weighted by Crippen LogP contribution is 2.26. The van der Waals surface area contributed by atoms with Gasteiger partial charge < -0.3 is 94.2 Å². The van der Waals surface area contributed by atoms with Gasteiger partial charge in [-0.2, -0.15) is 0 Å². The fourth-order valence-electron chi connectivity index (χ4n) is 11.0. The van der Waals surface area contributed by atoms with Crippen LogP contribution in [0.25, 0.3) is 0 Å². The number of quaternary nitrogens is 1. The summed E-state index contributed by atoms with van der Waals surface area (Å²) in [6.07, 6.45) is 10.4. The normalized spacial score (nSPS) is 23.7. The number of aliphatic hydroxyl groups excluding tert-OH is 7. The van der Waals surface area contributed by atoms with E-state index in [1.807, 2.05) is 21.1 Å². The highest BCUT2D eigenvalue weighted by Gasteiger charge is 2.48. The zero-order chi connectivity index (χ0) is 70.7. The number of rotatable bonds is 40. The Morgan fingerprint density at radius 3 is 1.79 bits per heavy atom. The molecule has 0 aliphatic carbocycles. The number of allylic oxidation sites excluding steroid dienone is 3. The first kappa shape index (κ1) is 84.0. The molecule has 0 aromatic carbocycles. The molecule has 15 atom stereocenters. The van der Waals surface area contributed by atoms with Crippen molar-refractivity contribution in [3.63, 3.8) is 0 Å². The Bertz CT molecular complexity index is 2520. The number of carbonyl (C=O) groups is 10. The van der Waals surface area contributed by atoms with Gasteiger partial charge in [0.2, 0.25) is 53.2 Å². The van der Waals surface area contributed by atoms with Gasteiger partial charge in [-0.1, -0.05) is 90.4 Å². The monoisotopic (exact) mass is 1350 g/mol. The summed E-state index contributed by atoms with van der Waals surface area (Å²) in [4.78, 5) is 136. The van der Waals surface area contributed by atoms with E-state index >= 15 is 4.79 Å². The fraction of sp³-hybridized carbons (Fsp3) is 0.754. The number of likely N-dealkylation sites (N-methyl/N-ethyl adjacent to an activating group) is 1. The van der Waals surface area contributed by atoms with E-state index in [9.17, 15) is 78.9 Å². The molecule has 1 spiro atoms. The van der Waals surface area contributed by atoms with Crippen molar-refractivity contribution in [3.8, 4) is 0 Å². The van der Waals surface area contributed by atoms with E-state index in [1.54, 1.807) is 13.8 Å². The zero-order valence-corrected chi connectivity index (χ0v) is 57.4. The summed E-state index contributed by atoms with van der Waals surface area (Å²) < 4.78 is 0.592. The minimum absolute atomic E-state index is 0.00614. The van der Waals surface area contributed by atoms with Crippen molar-refractivity contribution < 1.29 is 88.2 Å². The van der Waals surface area contributed by atoms with Crippen LogP contribution in [0.5, 0.6) is 0 Å². The molecule has 19 N–H and O–H groups in total. The third-order valence-corrected chi connectivity index (χ3v) is 17.8. The minimum atomic E-state index is -2.28. The van der Waals surface area contributed by atoms with E-state index in [-0.39, 0.29) is 31.4 Å². The number of primary amides is 2. The Kier molecular flexibility index (Phi) is 39.3. The predicted molar refractivity (Wildman–Crippen MR) is 355 cm³/mol. The maximum atomic E-state index is 15.0. The van der Waals surface area contributed by atoms with Crippen LogP contribution in [0.2, 0.25) is 0 Å². The van der Waals surface area contributed by atoms with Crippen molar-refractivity contribution in [3.05, 3.63) is 35.5 Å². The van der Waals surface area contributed by atoms with Crippen molar-refractivity contribution in [1.82, 2.24) is 42.5 Å². The van der Waals surface area contributed by atoms with Gasteiger partial charge in [0.15, 0.2) is 0 Å². The summed E-state index contributed by atoms with van der Waals surface area (Å²) in [6.45, 7) is 8.26. The van der Waals surface area contributed by atoms with Crippen molar-refractivity contribution in [2.45, 2.75) is 267 Å². The second kappa shape index (κ2) is 43.9. The maximum absolute atomic E-state index is 15.0. The number of hydrogen-bond donors (Lipinski definition) is 17. The first-order valence-electron chi connectivity index (χ1n) is 33.4. The minimum Gasteiger partial charge on any atom is -0.393 e. The molecule has 28 nitrogen and oxygen atoms in total. The van der Waals surface area contributed by atoms with Crippen molar-refractivity contribution in [2.75, 3.05) is 33.4 Å². The van der Waals surface area contributed by atoms with Crippen LogP contribution in [0.1, 0.15) is 189 Å². The van der Waals surface area contributed by atoms with Crippen LogP contribution in [-0.4, -0.2) is 211 Å². The lowest BCUT2D eigenvalue weighted by atomic mass is 9.88. The van der Waals surface area contributed by atoms with E-state index in [4.69, 9.17) is 11.5 Å². The third-order valence-electron chi connectivity index (χ3n) is 16.8. The van der Waals surface area contributed by atoms with E-state index in [0.29, 0.717) is 49.6 Å². The lowest BCUT2D eigenvalue weighted by Crippen LogP contribution is -2.68. The van der Waals surface area contributed by atoms with Crippen LogP contribution in [-0.2, 0) is 47.9 Å². The highest BCUT2D eigenvalue weighted by molar-refractivity contribution is 8.02. The molecular weight excluding hydrogens is 1240 g/mol. The van der Waals surface area contributed by atoms with Gasteiger partial charge in [0, 0.05) is 24.8 Å². The van der Waals surface area contributed by atoms with Gasteiger partial charge in [-0.05, 0) is 109 Å². The number of nitrogens with zero attached hydrogens (tertiary/aromatic N) is 1. The molecule has 0 aromatic rings. The molecule has 2 aliphatic heterocycles. The average molecular weight is 1350 g/mol. The van der Waals surface area contributed by atoms with Gasteiger partial charge >= 0.3 is 0 Å². The average Bonchev–Trinajstić information content (AvgIpc) is 1.20. The summed E-state index contributed by atoms with van der Waals surface area (Å²) >= 11 is 0.850. The Hall–Kier alpha value is -6.05. The highest BCUT2D eigenvalue weighted by atomic mass is 32.2. The summed E-state index contributed by atoms with van der Waals surface area (Å²) in [7, 11) is 5.90. The first-order valence-corrected chi connectivity index (χ1v) is 34.4. The summed E-state index contributed by atoms with van der Waals surface area (Å²) in [5.74, 6) is -11.3. The van der Waals surface area contributed by atoms with E-state index < -0.39 is 181 Å². The second-order valence-corrected chi connectivity index (χ2v) is 27.5. The largest absolute Gasteiger partial charge is 0.393 e. The van der Waals surface area contributed by atoms with Crippen molar-refractivity contribution in [2.24, 2.45) is 23.3 Å². The standard InChI is InChI=1S/C65H113N11O17S/c1-9-40(3)56-63(92)75-65(39-94-31-30-68-59(88)51(36-55(67)85)71-61(90)50(73-64(65)93)28-29-54(66)84)37-52(62(91)70-49(10-2)60(89)74-56)72-58(87)42(5)69-57(86)41(4)53(83)25-23-21-19-17-15-13-11-12-14-16-18-20-22-24-43(77)32-46(80)34-48(82)35-47(81)33-44(78)26-27-45(79)38-76(6,7)8/h10-12,30-31,40-48,50-53,56,77-83H,9,13-29,32-39H2,1-8H3,(H11-,66,67,68,69,70,71,72,73,74,75,84,85,86,87,88,89,90,91,92,93)/p+1/b12-11-,31-30-,49-10-/t40-,41?,42-,43?,44?,45?,46?,47?,48?,50-,51-,52?,53?,56-,65?/m0/s1. The van der Waals surface area contributed by atoms with Crippen molar-refractivity contribution in [1.29, 1.82) is 0 Å². The number of carbonyl (C=O) groups excluding carboxylic acids is 10. The summed E-state index contributed by atoms with van der Waals surface area (Å²) in [5, 5.41) is 94.8. The van der Waals surface area contributed by atoms with Crippen LogP contribution in [0.4, 0.5) is 0 Å². The molecular formula is C65H114N11O17S+. The second-order valence-electron chi connectivity index (χ2n) is 26.6. The number of hydrogen-bond acceptors (Lipinski definition) is 18. The fourth-order valence-corrected chi connectivity index (χ4v) is 11.9.